The lowest BCUT2D eigenvalue weighted by Crippen LogP contribution is -2.36. The summed E-state index contributed by atoms with van der Waals surface area (Å²) >= 11 is 0. The first-order valence-electron chi connectivity index (χ1n) is 6.72. The largest absolute Gasteiger partial charge is 0.348 e. The topological polar surface area (TPSA) is 41.1 Å². The molecule has 98 valence electrons. The highest BCUT2D eigenvalue weighted by Gasteiger charge is 2.20. The van der Waals surface area contributed by atoms with E-state index < -0.39 is 0 Å². The summed E-state index contributed by atoms with van der Waals surface area (Å²) in [4.78, 5) is 11.8. The molecule has 1 aliphatic rings. The molecule has 3 heteroatoms. The molecule has 1 saturated carbocycles. The van der Waals surface area contributed by atoms with Crippen LogP contribution in [0.15, 0.2) is 24.3 Å². The molecule has 0 heterocycles. The van der Waals surface area contributed by atoms with Crippen molar-refractivity contribution in [1.82, 2.24) is 10.6 Å². The second-order valence-electron chi connectivity index (χ2n) is 5.22. The van der Waals surface area contributed by atoms with Crippen LogP contribution >= 0.6 is 0 Å². The Labute approximate surface area is 109 Å². The molecule has 0 radical (unpaired) electrons. The number of rotatable bonds is 6. The molecule has 2 rings (SSSR count). The second kappa shape index (κ2) is 6.01. The van der Waals surface area contributed by atoms with Gasteiger partial charge in [0.2, 0.25) is 5.91 Å². The molecular formula is C15H22N2O. The van der Waals surface area contributed by atoms with Crippen LogP contribution in [0.2, 0.25) is 0 Å². The molecule has 0 saturated heterocycles. The predicted octanol–water partition coefficient (Wildman–Crippen LogP) is 2.17. The van der Waals surface area contributed by atoms with Gasteiger partial charge in [-0.25, -0.2) is 0 Å². The summed E-state index contributed by atoms with van der Waals surface area (Å²) in [6.07, 6.45) is 2.63. The van der Waals surface area contributed by atoms with Gasteiger partial charge in [-0.2, -0.15) is 0 Å². The summed E-state index contributed by atoms with van der Waals surface area (Å²) in [5.74, 6) is 0.887. The van der Waals surface area contributed by atoms with E-state index in [0.717, 1.165) is 12.5 Å². The lowest BCUT2D eigenvalue weighted by molar-refractivity contribution is -0.120. The summed E-state index contributed by atoms with van der Waals surface area (Å²) in [7, 11) is 0. The SMILES string of the molecule is Cc1ccccc1[C@@H](C)NC(=O)CNCC1CC1. The number of nitrogens with one attached hydrogen (secondary N) is 2. The van der Waals surface area contributed by atoms with Gasteiger partial charge in [0.25, 0.3) is 0 Å². The van der Waals surface area contributed by atoms with Crippen LogP contribution in [0.1, 0.15) is 36.9 Å². The fraction of sp³-hybridized carbons (Fsp3) is 0.533. The highest BCUT2D eigenvalue weighted by molar-refractivity contribution is 5.78. The van der Waals surface area contributed by atoms with E-state index in [0.29, 0.717) is 6.54 Å². The maximum atomic E-state index is 11.8. The van der Waals surface area contributed by atoms with E-state index in [2.05, 4.69) is 29.7 Å². The van der Waals surface area contributed by atoms with Crippen molar-refractivity contribution in [2.45, 2.75) is 32.7 Å². The zero-order valence-electron chi connectivity index (χ0n) is 11.2. The third kappa shape index (κ3) is 3.84. The van der Waals surface area contributed by atoms with Gasteiger partial charge < -0.3 is 10.6 Å². The van der Waals surface area contributed by atoms with Gasteiger partial charge >= 0.3 is 0 Å². The Kier molecular flexibility index (Phi) is 4.37. The summed E-state index contributed by atoms with van der Waals surface area (Å²) in [6, 6.07) is 8.24. The molecule has 0 unspecified atom stereocenters. The first-order valence-corrected chi connectivity index (χ1v) is 6.72. The van der Waals surface area contributed by atoms with Crippen molar-refractivity contribution in [2.24, 2.45) is 5.92 Å². The summed E-state index contributed by atoms with van der Waals surface area (Å²) in [6.45, 7) is 5.50. The summed E-state index contributed by atoms with van der Waals surface area (Å²) in [5, 5.41) is 6.24. The van der Waals surface area contributed by atoms with Gasteiger partial charge in [0.1, 0.15) is 0 Å². The van der Waals surface area contributed by atoms with Gasteiger partial charge in [0.05, 0.1) is 12.6 Å². The van der Waals surface area contributed by atoms with Crippen molar-refractivity contribution in [2.75, 3.05) is 13.1 Å². The Hall–Kier alpha value is -1.35. The quantitative estimate of drug-likeness (QED) is 0.807. The normalized spacial score (nSPS) is 16.3. The van der Waals surface area contributed by atoms with E-state index >= 15 is 0 Å². The van der Waals surface area contributed by atoms with Gasteiger partial charge in [-0.1, -0.05) is 24.3 Å². The van der Waals surface area contributed by atoms with Crippen LogP contribution in [-0.2, 0) is 4.79 Å². The van der Waals surface area contributed by atoms with Crippen molar-refractivity contribution < 1.29 is 4.79 Å². The lowest BCUT2D eigenvalue weighted by Gasteiger charge is -2.16. The number of carbonyl (C=O) groups is 1. The molecule has 3 nitrogen and oxygen atoms in total. The third-order valence-electron chi connectivity index (χ3n) is 3.45. The molecule has 1 aliphatic carbocycles. The van der Waals surface area contributed by atoms with Crippen LogP contribution in [-0.4, -0.2) is 19.0 Å². The van der Waals surface area contributed by atoms with Crippen molar-refractivity contribution in [3.05, 3.63) is 35.4 Å². The van der Waals surface area contributed by atoms with Gasteiger partial charge in [-0.05, 0) is 50.3 Å². The molecule has 0 spiro atoms. The summed E-state index contributed by atoms with van der Waals surface area (Å²) in [5.41, 5.74) is 2.41. The van der Waals surface area contributed by atoms with E-state index in [-0.39, 0.29) is 11.9 Å². The van der Waals surface area contributed by atoms with Crippen LogP contribution in [0.4, 0.5) is 0 Å². The third-order valence-corrected chi connectivity index (χ3v) is 3.45. The molecule has 1 aromatic rings. The van der Waals surface area contributed by atoms with E-state index in [9.17, 15) is 4.79 Å². The minimum atomic E-state index is 0.0708. The molecule has 1 atom stereocenters. The highest BCUT2D eigenvalue weighted by Crippen LogP contribution is 2.27. The Morgan fingerprint density at radius 2 is 2.11 bits per heavy atom. The Bertz CT molecular complexity index is 413. The smallest absolute Gasteiger partial charge is 0.234 e. The minimum absolute atomic E-state index is 0.0708. The second-order valence-corrected chi connectivity index (χ2v) is 5.22. The maximum absolute atomic E-state index is 11.8. The lowest BCUT2D eigenvalue weighted by atomic mass is 10.0. The van der Waals surface area contributed by atoms with E-state index in [1.54, 1.807) is 0 Å². The van der Waals surface area contributed by atoms with E-state index in [1.165, 1.54) is 24.0 Å². The van der Waals surface area contributed by atoms with Gasteiger partial charge in [-0.3, -0.25) is 4.79 Å². The van der Waals surface area contributed by atoms with E-state index in [4.69, 9.17) is 0 Å². The van der Waals surface area contributed by atoms with Crippen molar-refractivity contribution in [1.29, 1.82) is 0 Å². The number of hydrogen-bond donors (Lipinski definition) is 2. The van der Waals surface area contributed by atoms with E-state index in [1.807, 2.05) is 19.1 Å². The first-order chi connectivity index (χ1) is 8.66. The Morgan fingerprint density at radius 1 is 1.39 bits per heavy atom. The van der Waals surface area contributed by atoms with Crippen LogP contribution in [0.25, 0.3) is 0 Å². The van der Waals surface area contributed by atoms with Gasteiger partial charge in [0, 0.05) is 0 Å². The number of hydrogen-bond acceptors (Lipinski definition) is 2. The van der Waals surface area contributed by atoms with Crippen LogP contribution in [0.5, 0.6) is 0 Å². The van der Waals surface area contributed by atoms with Crippen molar-refractivity contribution in [3.8, 4) is 0 Å². The fourth-order valence-corrected chi connectivity index (χ4v) is 2.15. The number of carbonyl (C=O) groups excluding carboxylic acids is 1. The molecule has 1 aromatic carbocycles. The van der Waals surface area contributed by atoms with Gasteiger partial charge in [-0.15, -0.1) is 0 Å². The molecule has 1 amide bonds. The average Bonchev–Trinajstić information content (AvgIpc) is 3.13. The molecular weight excluding hydrogens is 224 g/mol. The van der Waals surface area contributed by atoms with Crippen LogP contribution < -0.4 is 10.6 Å². The molecule has 1 fully saturated rings. The van der Waals surface area contributed by atoms with Crippen molar-refractivity contribution >= 4 is 5.91 Å². The standard InChI is InChI=1S/C15H22N2O/c1-11-5-3-4-6-14(11)12(2)17-15(18)10-16-9-13-7-8-13/h3-6,12-13,16H,7-10H2,1-2H3,(H,17,18)/t12-/m1/s1. The maximum Gasteiger partial charge on any atom is 0.234 e. The molecule has 2 N–H and O–H groups in total. The zero-order valence-corrected chi connectivity index (χ0v) is 11.2. The van der Waals surface area contributed by atoms with Gasteiger partial charge in [0.15, 0.2) is 0 Å². The number of amides is 1. The fourth-order valence-electron chi connectivity index (χ4n) is 2.15. The Balaban J connectivity index is 1.77. The number of aryl methyl sites for hydroxylation is 1. The predicted molar refractivity (Wildman–Crippen MR) is 73.3 cm³/mol. The average molecular weight is 246 g/mol. The highest BCUT2D eigenvalue weighted by atomic mass is 16.1. The molecule has 0 aliphatic heterocycles. The van der Waals surface area contributed by atoms with Crippen LogP contribution in [0.3, 0.4) is 0 Å². The summed E-state index contributed by atoms with van der Waals surface area (Å²) < 4.78 is 0. The zero-order chi connectivity index (χ0) is 13.0. The monoisotopic (exact) mass is 246 g/mol. The molecule has 18 heavy (non-hydrogen) atoms. The number of benzene rings is 1. The van der Waals surface area contributed by atoms with Crippen molar-refractivity contribution in [3.63, 3.8) is 0 Å². The Morgan fingerprint density at radius 3 is 2.78 bits per heavy atom. The first kappa shape index (κ1) is 13.1. The minimum Gasteiger partial charge on any atom is -0.348 e. The molecule has 0 aromatic heterocycles. The molecule has 0 bridgehead atoms. The van der Waals surface area contributed by atoms with Crippen LogP contribution in [0, 0.1) is 12.8 Å².